The molecular weight excluding hydrogens is 460 g/mol. The number of esters is 2. The van der Waals surface area contributed by atoms with Crippen LogP contribution in [0.3, 0.4) is 0 Å². The Labute approximate surface area is 197 Å². The Bertz CT molecular complexity index is 806. The minimum atomic E-state index is -1.10. The van der Waals surface area contributed by atoms with Crippen molar-refractivity contribution in [3.63, 3.8) is 0 Å². The van der Waals surface area contributed by atoms with E-state index in [0.717, 1.165) is 5.56 Å². The van der Waals surface area contributed by atoms with Crippen molar-refractivity contribution in [1.82, 2.24) is 0 Å². The molecule has 0 saturated carbocycles. The van der Waals surface area contributed by atoms with E-state index >= 15 is 0 Å². The molecule has 0 spiro atoms. The van der Waals surface area contributed by atoms with Gasteiger partial charge in [-0.2, -0.15) is 0 Å². The van der Waals surface area contributed by atoms with Gasteiger partial charge in [-0.05, 0) is 24.1 Å². The second-order valence-electron chi connectivity index (χ2n) is 5.68. The molecule has 0 amide bonds. The summed E-state index contributed by atoms with van der Waals surface area (Å²) < 4.78 is 37.4. The van der Waals surface area contributed by atoms with Crippen LogP contribution in [0.2, 0.25) is 0 Å². The molecule has 1 aliphatic carbocycles. The Hall–Kier alpha value is -3.08. The van der Waals surface area contributed by atoms with Crippen LogP contribution in [0, 0.1) is 31.3 Å². The molecule has 8 nitrogen and oxygen atoms in total. The normalized spacial score (nSPS) is 15.5. The molecule has 32 heavy (non-hydrogen) atoms. The third-order valence-electron chi connectivity index (χ3n) is 4.25. The van der Waals surface area contributed by atoms with Gasteiger partial charge in [0.1, 0.15) is 5.76 Å². The molecule has 1 unspecified atom stereocenters. The van der Waals surface area contributed by atoms with Gasteiger partial charge < -0.3 is 14.2 Å². The summed E-state index contributed by atoms with van der Waals surface area (Å²) >= 11 is 0. The summed E-state index contributed by atoms with van der Waals surface area (Å²) in [5.74, 6) is -1.70. The summed E-state index contributed by atoms with van der Waals surface area (Å²) in [7, 11) is 4.09. The molecule has 0 fully saturated rings. The van der Waals surface area contributed by atoms with E-state index in [-0.39, 0.29) is 17.1 Å². The van der Waals surface area contributed by atoms with E-state index in [4.69, 9.17) is 28.2 Å². The predicted octanol–water partition coefficient (Wildman–Crippen LogP) is 3.02. The zero-order valence-corrected chi connectivity index (χ0v) is 18.8. The molecule has 0 aliphatic heterocycles. The maximum Gasteiger partial charge on any atom is 0 e. The molecule has 170 valence electrons. The van der Waals surface area contributed by atoms with Crippen molar-refractivity contribution in [2.45, 2.75) is 6.42 Å². The van der Waals surface area contributed by atoms with Crippen molar-refractivity contribution in [3.05, 3.63) is 85.9 Å². The number of benzene rings is 1. The quantitative estimate of drug-likeness (QED) is 0.203. The first-order chi connectivity index (χ1) is 15.1. The first-order valence-electron chi connectivity index (χ1n) is 8.51. The van der Waals surface area contributed by atoms with Gasteiger partial charge in [-0.25, -0.2) is 0 Å². The molecular formula is C23H22FeO8. The Morgan fingerprint density at radius 3 is 1.84 bits per heavy atom. The van der Waals surface area contributed by atoms with Crippen LogP contribution >= 0.6 is 0 Å². The van der Waals surface area contributed by atoms with Crippen molar-refractivity contribution >= 4 is 18.0 Å². The van der Waals surface area contributed by atoms with Crippen molar-refractivity contribution in [1.29, 1.82) is 0 Å². The van der Waals surface area contributed by atoms with Gasteiger partial charge in [0.25, 0.3) is 0 Å². The Kier molecular flexibility index (Phi) is 20.8. The zero-order valence-electron chi connectivity index (χ0n) is 17.7. The molecule has 0 bridgehead atoms. The molecule has 0 N–H and O–H groups in total. The molecule has 1 atom stereocenters. The Morgan fingerprint density at radius 1 is 0.969 bits per heavy atom. The van der Waals surface area contributed by atoms with Crippen molar-refractivity contribution in [2.24, 2.45) is 11.3 Å². The number of ether oxygens (including phenoxy) is 3. The van der Waals surface area contributed by atoms with Crippen molar-refractivity contribution in [2.75, 3.05) is 21.3 Å². The van der Waals surface area contributed by atoms with E-state index in [2.05, 4.69) is 20.0 Å². The average Bonchev–Trinajstić information content (AvgIpc) is 2.87. The summed E-state index contributed by atoms with van der Waals surface area (Å²) in [6, 6.07) is 9.65. The van der Waals surface area contributed by atoms with Gasteiger partial charge in [0.05, 0.1) is 21.3 Å². The van der Waals surface area contributed by atoms with Gasteiger partial charge in [0.2, 0.25) is 0 Å². The molecule has 0 aromatic heterocycles. The van der Waals surface area contributed by atoms with Gasteiger partial charge >= 0.3 is 45.8 Å². The molecule has 9 heteroatoms. The first kappa shape index (κ1) is 33.6. The minimum Gasteiger partial charge on any atom is 0 e. The number of carbonyl (C=O) groups excluding carboxylic acids is 2. The fourth-order valence-electron chi connectivity index (χ4n) is 2.82. The van der Waals surface area contributed by atoms with E-state index in [9.17, 15) is 9.59 Å². The molecule has 0 radical (unpaired) electrons. The summed E-state index contributed by atoms with van der Waals surface area (Å²) in [5, 5.41) is 0. The largest absolute Gasteiger partial charge is 0 e. The fraction of sp³-hybridized carbons (Fsp3) is 0.261. The summed E-state index contributed by atoms with van der Waals surface area (Å²) in [6.45, 7) is 13.5. The number of carbonyl (C=O) groups is 2. The SMILES string of the molecule is COC(=O)C(C(=O)OC)C1(/C=C/c2ccccc2)C=CC(OC)=CC1.[C-]#[O+].[C-]#[O+].[C-]#[O+].[Fe]. The first-order valence-corrected chi connectivity index (χ1v) is 8.51. The Balaban J connectivity index is -0.00000111. The van der Waals surface area contributed by atoms with Crippen LogP contribution in [-0.2, 0) is 54.8 Å². The molecule has 1 aliphatic rings. The minimum absolute atomic E-state index is 0. The van der Waals surface area contributed by atoms with E-state index in [1.165, 1.54) is 14.2 Å². The maximum absolute atomic E-state index is 12.3. The second-order valence-corrected chi connectivity index (χ2v) is 5.68. The third kappa shape index (κ3) is 9.82. The van der Waals surface area contributed by atoms with Crippen LogP contribution in [0.15, 0.2) is 60.4 Å². The van der Waals surface area contributed by atoms with Crippen LogP contribution in [-0.4, -0.2) is 33.3 Å². The van der Waals surface area contributed by atoms with Crippen molar-refractivity contribution < 1.29 is 54.8 Å². The average molecular weight is 482 g/mol. The van der Waals surface area contributed by atoms with Gasteiger partial charge in [0.15, 0.2) is 5.92 Å². The number of methoxy groups -OCH3 is 3. The van der Waals surface area contributed by atoms with Gasteiger partial charge in [0, 0.05) is 22.5 Å². The van der Waals surface area contributed by atoms with Crippen LogP contribution in [0.4, 0.5) is 0 Å². The summed E-state index contributed by atoms with van der Waals surface area (Å²) in [6.07, 6.45) is 9.52. The van der Waals surface area contributed by atoms with Crippen LogP contribution in [0.1, 0.15) is 12.0 Å². The topological polar surface area (TPSA) is 122 Å². The standard InChI is InChI=1S/C20H22O5.3CO.Fe/c1-23-16-10-13-20(14-11-16,12-9-15-7-5-4-6-8-15)17(18(21)24-2)19(22)25-3;3*1-2;/h4-13,17H,14H2,1-3H3;;;;/b12-9+;;;;. The zero-order chi connectivity index (χ0) is 24.3. The van der Waals surface area contributed by atoms with Gasteiger partial charge in [-0.1, -0.05) is 48.6 Å². The van der Waals surface area contributed by atoms with E-state index in [1.54, 1.807) is 19.3 Å². The van der Waals surface area contributed by atoms with E-state index in [0.29, 0.717) is 12.2 Å². The number of rotatable bonds is 6. The molecule has 0 heterocycles. The van der Waals surface area contributed by atoms with Crippen molar-refractivity contribution in [3.8, 4) is 0 Å². The van der Waals surface area contributed by atoms with Gasteiger partial charge in [-0.15, -0.1) is 0 Å². The predicted molar refractivity (Wildman–Crippen MR) is 106 cm³/mol. The smallest absolute Gasteiger partial charge is 0 e. The van der Waals surface area contributed by atoms with Gasteiger partial charge in [-0.3, -0.25) is 9.59 Å². The second kappa shape index (κ2) is 19.9. The van der Waals surface area contributed by atoms with E-state index in [1.807, 2.05) is 48.6 Å². The fourth-order valence-corrected chi connectivity index (χ4v) is 2.82. The summed E-state index contributed by atoms with van der Waals surface area (Å²) in [5.41, 5.74) is 0.0724. The Morgan fingerprint density at radius 2 is 1.47 bits per heavy atom. The number of allylic oxidation sites excluding steroid dienone is 4. The van der Waals surface area contributed by atoms with Crippen LogP contribution < -0.4 is 0 Å². The van der Waals surface area contributed by atoms with Crippen LogP contribution in [0.25, 0.3) is 6.08 Å². The summed E-state index contributed by atoms with van der Waals surface area (Å²) in [4.78, 5) is 24.7. The molecule has 0 saturated heterocycles. The van der Waals surface area contributed by atoms with E-state index < -0.39 is 23.3 Å². The third-order valence-corrected chi connectivity index (χ3v) is 4.25. The number of hydrogen-bond acceptors (Lipinski definition) is 5. The maximum atomic E-state index is 12.3. The number of hydrogen-bond donors (Lipinski definition) is 0. The molecule has 1 aromatic carbocycles. The van der Waals surface area contributed by atoms with Crippen LogP contribution in [0.5, 0.6) is 0 Å². The monoisotopic (exact) mass is 482 g/mol. The molecule has 1 aromatic rings. The molecule has 2 rings (SSSR count).